The maximum Gasteiger partial charge on any atom is 0.226 e. The first-order valence-electron chi connectivity index (χ1n) is 8.34. The van der Waals surface area contributed by atoms with E-state index in [9.17, 15) is 9.59 Å². The molecule has 0 saturated carbocycles. The second-order valence-corrected chi connectivity index (χ2v) is 5.68. The first kappa shape index (κ1) is 18.2. The third-order valence-corrected chi connectivity index (χ3v) is 3.82. The van der Waals surface area contributed by atoms with Crippen molar-refractivity contribution in [3.63, 3.8) is 0 Å². The molecular formula is C18H17N7O2. The van der Waals surface area contributed by atoms with E-state index in [1.165, 1.54) is 4.90 Å². The van der Waals surface area contributed by atoms with Gasteiger partial charge >= 0.3 is 0 Å². The Morgan fingerprint density at radius 1 is 1.00 bits per heavy atom. The monoisotopic (exact) mass is 363 g/mol. The van der Waals surface area contributed by atoms with Crippen molar-refractivity contribution in [2.45, 2.75) is 19.3 Å². The number of aromatic nitrogens is 6. The minimum Gasteiger partial charge on any atom is -0.314 e. The molecule has 0 atom stereocenters. The average Bonchev–Trinajstić information content (AvgIpc) is 2.74. The van der Waals surface area contributed by atoms with Crippen molar-refractivity contribution in [3.8, 4) is 23.0 Å². The summed E-state index contributed by atoms with van der Waals surface area (Å²) >= 11 is 0. The fraction of sp³-hybridized carbons (Fsp3) is 0.222. The van der Waals surface area contributed by atoms with Gasteiger partial charge in [0, 0.05) is 26.1 Å². The van der Waals surface area contributed by atoms with E-state index in [1.54, 1.807) is 43.7 Å². The molecule has 3 heterocycles. The minimum absolute atomic E-state index is 0.0781. The van der Waals surface area contributed by atoms with Crippen molar-refractivity contribution in [1.29, 1.82) is 0 Å². The molecule has 0 spiro atoms. The Hall–Kier alpha value is -3.62. The molecule has 0 N–H and O–H groups in total. The maximum atomic E-state index is 12.1. The molecule has 0 bridgehead atoms. The van der Waals surface area contributed by atoms with E-state index in [1.807, 2.05) is 6.07 Å². The summed E-state index contributed by atoms with van der Waals surface area (Å²) in [7, 11) is 1.67. The average molecular weight is 363 g/mol. The SMILES string of the molecule is CN(C(=O)CCCC=O)c1ccc(-c2nnc(-c3ccccn3)nn2)nc1. The van der Waals surface area contributed by atoms with Gasteiger partial charge in [-0.3, -0.25) is 14.8 Å². The topological polar surface area (TPSA) is 115 Å². The van der Waals surface area contributed by atoms with Crippen LogP contribution < -0.4 is 4.90 Å². The van der Waals surface area contributed by atoms with Gasteiger partial charge in [-0.25, -0.2) is 0 Å². The molecule has 0 unspecified atom stereocenters. The van der Waals surface area contributed by atoms with Gasteiger partial charge < -0.3 is 9.69 Å². The number of hydrogen-bond acceptors (Lipinski definition) is 8. The van der Waals surface area contributed by atoms with Crippen LogP contribution >= 0.6 is 0 Å². The molecule has 0 aliphatic carbocycles. The van der Waals surface area contributed by atoms with Crippen molar-refractivity contribution in [2.75, 3.05) is 11.9 Å². The Morgan fingerprint density at radius 2 is 1.70 bits per heavy atom. The summed E-state index contributed by atoms with van der Waals surface area (Å²) < 4.78 is 0. The Morgan fingerprint density at radius 3 is 2.26 bits per heavy atom. The zero-order valence-electron chi connectivity index (χ0n) is 14.7. The van der Waals surface area contributed by atoms with E-state index in [0.29, 0.717) is 42.2 Å². The van der Waals surface area contributed by atoms with Crippen LogP contribution in [0.4, 0.5) is 5.69 Å². The summed E-state index contributed by atoms with van der Waals surface area (Å²) in [5.41, 5.74) is 1.72. The molecule has 0 aromatic carbocycles. The Labute approximate surface area is 155 Å². The van der Waals surface area contributed by atoms with Gasteiger partial charge in [-0.2, -0.15) is 0 Å². The second kappa shape index (κ2) is 8.65. The third-order valence-electron chi connectivity index (χ3n) is 3.82. The number of unbranched alkanes of at least 4 members (excludes halogenated alkanes) is 1. The zero-order chi connectivity index (χ0) is 19.1. The predicted octanol–water partition coefficient (Wildman–Crippen LogP) is 1.72. The highest BCUT2D eigenvalue weighted by atomic mass is 16.2. The number of carbonyl (C=O) groups is 2. The number of amides is 1. The summed E-state index contributed by atoms with van der Waals surface area (Å²) in [4.78, 5) is 32.3. The molecule has 1 amide bonds. The highest BCUT2D eigenvalue weighted by Crippen LogP contribution is 2.18. The Bertz CT molecular complexity index is 899. The van der Waals surface area contributed by atoms with Gasteiger partial charge in [0.2, 0.25) is 17.6 Å². The molecule has 0 fully saturated rings. The summed E-state index contributed by atoms with van der Waals surface area (Å²) in [6, 6.07) is 8.85. The van der Waals surface area contributed by atoms with Crippen molar-refractivity contribution in [2.24, 2.45) is 0 Å². The Kier molecular flexibility index (Phi) is 5.83. The quantitative estimate of drug-likeness (QED) is 0.460. The molecule has 0 aliphatic heterocycles. The number of nitrogens with zero attached hydrogens (tertiary/aromatic N) is 7. The Balaban J connectivity index is 1.70. The molecule has 9 heteroatoms. The van der Waals surface area contributed by atoms with Crippen LogP contribution in [0.3, 0.4) is 0 Å². The molecule has 0 saturated heterocycles. The third kappa shape index (κ3) is 4.51. The number of aldehydes is 1. The van der Waals surface area contributed by atoms with E-state index in [-0.39, 0.29) is 11.7 Å². The first-order valence-corrected chi connectivity index (χ1v) is 8.34. The fourth-order valence-electron chi connectivity index (χ4n) is 2.29. The molecule has 0 radical (unpaired) electrons. The fourth-order valence-corrected chi connectivity index (χ4v) is 2.29. The standard InChI is InChI=1S/C18H17N7O2/c1-25(16(27)7-3-5-11-26)13-8-9-15(20-12-13)18-23-21-17(22-24-18)14-6-2-4-10-19-14/h2,4,6,8-12H,3,5,7H2,1H3. The van der Waals surface area contributed by atoms with Gasteiger partial charge in [0.05, 0.1) is 11.9 Å². The number of pyridine rings is 2. The lowest BCUT2D eigenvalue weighted by Gasteiger charge is -2.16. The summed E-state index contributed by atoms with van der Waals surface area (Å²) in [5.74, 6) is 0.531. The second-order valence-electron chi connectivity index (χ2n) is 5.68. The van der Waals surface area contributed by atoms with Gasteiger partial charge in [0.1, 0.15) is 17.7 Å². The van der Waals surface area contributed by atoms with Crippen molar-refractivity contribution >= 4 is 17.9 Å². The molecule has 3 rings (SSSR count). The van der Waals surface area contributed by atoms with Crippen LogP contribution in [0.5, 0.6) is 0 Å². The van der Waals surface area contributed by atoms with E-state index >= 15 is 0 Å². The van der Waals surface area contributed by atoms with Crippen LogP contribution in [0.1, 0.15) is 19.3 Å². The summed E-state index contributed by atoms with van der Waals surface area (Å²) in [6.45, 7) is 0. The largest absolute Gasteiger partial charge is 0.314 e. The van der Waals surface area contributed by atoms with Gasteiger partial charge in [-0.15, -0.1) is 20.4 Å². The van der Waals surface area contributed by atoms with Gasteiger partial charge in [-0.05, 0) is 30.7 Å². The lowest BCUT2D eigenvalue weighted by atomic mass is 10.2. The van der Waals surface area contributed by atoms with Crippen LogP contribution in [-0.2, 0) is 9.59 Å². The smallest absolute Gasteiger partial charge is 0.226 e. The van der Waals surface area contributed by atoms with Crippen molar-refractivity contribution < 1.29 is 9.59 Å². The molecular weight excluding hydrogens is 346 g/mol. The molecule has 136 valence electrons. The summed E-state index contributed by atoms with van der Waals surface area (Å²) in [6.07, 6.45) is 5.23. The van der Waals surface area contributed by atoms with E-state index < -0.39 is 0 Å². The van der Waals surface area contributed by atoms with E-state index in [2.05, 4.69) is 30.4 Å². The first-order chi connectivity index (χ1) is 13.2. The maximum absolute atomic E-state index is 12.1. The number of carbonyl (C=O) groups excluding carboxylic acids is 2. The van der Waals surface area contributed by atoms with Crippen molar-refractivity contribution in [1.82, 2.24) is 30.4 Å². The molecule has 3 aromatic heterocycles. The summed E-state index contributed by atoms with van der Waals surface area (Å²) in [5, 5.41) is 16.2. The molecule has 27 heavy (non-hydrogen) atoms. The highest BCUT2D eigenvalue weighted by Gasteiger charge is 2.13. The van der Waals surface area contributed by atoms with Gasteiger partial charge in [-0.1, -0.05) is 6.07 Å². The van der Waals surface area contributed by atoms with Crippen LogP contribution in [-0.4, -0.2) is 49.6 Å². The molecule has 3 aromatic rings. The number of anilines is 1. The van der Waals surface area contributed by atoms with Crippen LogP contribution in [0.25, 0.3) is 23.0 Å². The van der Waals surface area contributed by atoms with Crippen LogP contribution in [0, 0.1) is 0 Å². The van der Waals surface area contributed by atoms with Gasteiger partial charge in [0.25, 0.3) is 0 Å². The van der Waals surface area contributed by atoms with Crippen molar-refractivity contribution in [3.05, 3.63) is 42.7 Å². The van der Waals surface area contributed by atoms with E-state index in [0.717, 1.165) is 6.29 Å². The lowest BCUT2D eigenvalue weighted by molar-refractivity contribution is -0.118. The highest BCUT2D eigenvalue weighted by molar-refractivity contribution is 5.92. The normalized spacial score (nSPS) is 10.4. The van der Waals surface area contributed by atoms with Gasteiger partial charge in [0.15, 0.2) is 0 Å². The van der Waals surface area contributed by atoms with E-state index in [4.69, 9.17) is 0 Å². The number of hydrogen-bond donors (Lipinski definition) is 0. The van der Waals surface area contributed by atoms with Crippen LogP contribution in [0.15, 0.2) is 42.7 Å². The number of rotatable bonds is 7. The molecule has 0 aliphatic rings. The molecule has 9 nitrogen and oxygen atoms in total. The van der Waals surface area contributed by atoms with Crippen LogP contribution in [0.2, 0.25) is 0 Å². The predicted molar refractivity (Wildman–Crippen MR) is 97.4 cm³/mol. The zero-order valence-corrected chi connectivity index (χ0v) is 14.7. The lowest BCUT2D eigenvalue weighted by Crippen LogP contribution is -2.25. The minimum atomic E-state index is -0.0781.